The number of halogens is 1. The van der Waals surface area contributed by atoms with Gasteiger partial charge in [0.1, 0.15) is 5.75 Å². The largest absolute Gasteiger partial charge is 0.490 e. The van der Waals surface area contributed by atoms with Crippen LogP contribution in [0.15, 0.2) is 67.0 Å². The van der Waals surface area contributed by atoms with Gasteiger partial charge in [0.05, 0.1) is 34.4 Å². The highest BCUT2D eigenvalue weighted by molar-refractivity contribution is 6.34. The predicted molar refractivity (Wildman–Crippen MR) is 230 cm³/mol. The van der Waals surface area contributed by atoms with Gasteiger partial charge in [0, 0.05) is 68.7 Å². The minimum Gasteiger partial charge on any atom is -0.490 e. The average Bonchev–Trinajstić information content (AvgIpc) is 3.79. The molecule has 2 saturated carbocycles. The molecule has 1 spiro atoms. The zero-order valence-electron chi connectivity index (χ0n) is 33.8. The van der Waals surface area contributed by atoms with Crippen molar-refractivity contribution in [3.05, 3.63) is 88.8 Å². The van der Waals surface area contributed by atoms with E-state index in [9.17, 15) is 14.4 Å². The Balaban J connectivity index is 0.751. The fraction of sp³-hybridized carbons (Fsp3) is 0.422. The van der Waals surface area contributed by atoms with Gasteiger partial charge in [-0.25, -0.2) is 14.3 Å². The van der Waals surface area contributed by atoms with E-state index < -0.39 is 6.03 Å². The second kappa shape index (κ2) is 15.7. The number of aromatic nitrogens is 4. The second-order valence-electron chi connectivity index (χ2n) is 17.0. The number of likely N-dealkylation sites (tertiary alicyclic amines) is 1. The molecule has 60 heavy (non-hydrogen) atoms. The third-order valence-electron chi connectivity index (χ3n) is 13.2. The Morgan fingerprint density at radius 1 is 0.900 bits per heavy atom. The molecule has 5 aliphatic rings. The number of piperidine rings is 1. The van der Waals surface area contributed by atoms with Gasteiger partial charge < -0.3 is 20.3 Å². The average molecular weight is 829 g/mol. The molecule has 2 aliphatic carbocycles. The van der Waals surface area contributed by atoms with Gasteiger partial charge in [-0.2, -0.15) is 0 Å². The monoisotopic (exact) mass is 828 g/mol. The van der Waals surface area contributed by atoms with E-state index in [1.54, 1.807) is 16.8 Å². The maximum absolute atomic E-state index is 13.0. The van der Waals surface area contributed by atoms with Gasteiger partial charge in [0.25, 0.3) is 5.91 Å². The molecule has 2 aromatic carbocycles. The number of imide groups is 1. The molecule has 0 atom stereocenters. The van der Waals surface area contributed by atoms with Crippen LogP contribution in [0, 0.1) is 5.41 Å². The maximum atomic E-state index is 13.0. The highest BCUT2D eigenvalue weighted by Crippen LogP contribution is 2.46. The highest BCUT2D eigenvalue weighted by atomic mass is 35.5. The number of urea groups is 1. The van der Waals surface area contributed by atoms with Crippen LogP contribution in [0.4, 0.5) is 27.7 Å². The summed E-state index contributed by atoms with van der Waals surface area (Å²) in [5.74, 6) is 1.03. The lowest BCUT2D eigenvalue weighted by Gasteiger charge is -2.46. The molecule has 3 aromatic heterocycles. The molecule has 4 amide bonds. The Morgan fingerprint density at radius 2 is 1.72 bits per heavy atom. The molecule has 3 aliphatic heterocycles. The van der Waals surface area contributed by atoms with Crippen LogP contribution in [0.3, 0.4) is 0 Å². The van der Waals surface area contributed by atoms with Gasteiger partial charge in [0.2, 0.25) is 5.91 Å². The number of hydrogen-bond donors (Lipinski definition) is 3. The normalized spacial score (nSPS) is 19.4. The minimum atomic E-state index is -0.456. The summed E-state index contributed by atoms with van der Waals surface area (Å²) in [7, 11) is 1.86. The smallest absolute Gasteiger partial charge is 0.328 e. The first-order chi connectivity index (χ1) is 29.2. The Morgan fingerprint density at radius 3 is 2.47 bits per heavy atom. The Hall–Kier alpha value is -5.73. The molecule has 14 nitrogen and oxygen atoms in total. The summed E-state index contributed by atoms with van der Waals surface area (Å²) in [5.41, 5.74) is 8.44. The summed E-state index contributed by atoms with van der Waals surface area (Å²) in [6, 6.07) is 18.0. The number of rotatable bonds is 10. The van der Waals surface area contributed by atoms with E-state index in [4.69, 9.17) is 26.4 Å². The van der Waals surface area contributed by atoms with Crippen LogP contribution >= 0.6 is 11.6 Å². The fourth-order valence-corrected chi connectivity index (χ4v) is 9.75. The van der Waals surface area contributed by atoms with E-state index in [0.717, 1.165) is 99.6 Å². The summed E-state index contributed by atoms with van der Waals surface area (Å²) >= 11 is 6.46. The predicted octanol–water partition coefficient (Wildman–Crippen LogP) is 7.12. The molecule has 15 heteroatoms. The number of nitrogens with one attached hydrogen (secondary N) is 3. The second-order valence-corrected chi connectivity index (χ2v) is 17.4. The van der Waals surface area contributed by atoms with Gasteiger partial charge in [-0.3, -0.25) is 29.7 Å². The molecular weight excluding hydrogens is 780 g/mol. The molecule has 6 heterocycles. The third kappa shape index (κ3) is 7.51. The number of amides is 4. The lowest BCUT2D eigenvalue weighted by Crippen LogP contribution is -2.49. The van der Waals surface area contributed by atoms with Crippen LogP contribution in [0.1, 0.15) is 79.4 Å². The number of imidazole rings is 1. The van der Waals surface area contributed by atoms with Crippen molar-refractivity contribution in [3.8, 4) is 17.0 Å². The van der Waals surface area contributed by atoms with Gasteiger partial charge in [-0.15, -0.1) is 5.10 Å². The van der Waals surface area contributed by atoms with Crippen molar-refractivity contribution in [2.45, 2.75) is 82.9 Å². The van der Waals surface area contributed by atoms with Crippen molar-refractivity contribution in [2.75, 3.05) is 48.3 Å². The maximum Gasteiger partial charge on any atom is 0.328 e. The Bertz CT molecular complexity index is 2470. The summed E-state index contributed by atoms with van der Waals surface area (Å²) in [6.45, 7) is 4.08. The number of hydrogen-bond acceptors (Lipinski definition) is 10. The van der Waals surface area contributed by atoms with Crippen molar-refractivity contribution in [1.82, 2.24) is 35.1 Å². The molecule has 5 aromatic rings. The van der Waals surface area contributed by atoms with Crippen LogP contribution in [-0.4, -0.2) is 87.7 Å². The number of nitrogens with zero attached hydrogens (tertiary/aromatic N) is 7. The van der Waals surface area contributed by atoms with Crippen LogP contribution < -0.4 is 30.5 Å². The molecule has 0 radical (unpaired) electrons. The number of fused-ring (bicyclic) bond motifs is 2. The highest BCUT2D eigenvalue weighted by Gasteiger charge is 2.39. The van der Waals surface area contributed by atoms with Crippen molar-refractivity contribution in [1.29, 1.82) is 0 Å². The molecule has 4 fully saturated rings. The number of carbonyl (C=O) groups is 3. The Labute approximate surface area is 353 Å². The van der Waals surface area contributed by atoms with Gasteiger partial charge >= 0.3 is 6.03 Å². The number of anilines is 4. The molecule has 0 bridgehead atoms. The summed E-state index contributed by atoms with van der Waals surface area (Å²) in [6.07, 6.45) is 13.5. The van der Waals surface area contributed by atoms with Crippen LogP contribution in [0.2, 0.25) is 5.02 Å². The van der Waals surface area contributed by atoms with E-state index >= 15 is 0 Å². The Kier molecular flexibility index (Phi) is 10.1. The van der Waals surface area contributed by atoms with Gasteiger partial charge in [0.15, 0.2) is 17.2 Å². The number of carbonyl (C=O) groups excluding carboxylic acids is 3. The molecule has 2 saturated heterocycles. The van der Waals surface area contributed by atoms with Crippen molar-refractivity contribution < 1.29 is 19.1 Å². The standard InChI is InChI=1S/C45H49ClN10O4/c1-47-36-24-40(52-56-39(26-49-42(36)56)43(58)50-29-6-7-29)54-19-13-33-32(3-2-4-37(33)54)35-10-5-28(25-48-35)27-53-21-17-45(18-22-53)15-11-30(12-16-45)60-31-8-9-34(46)38(23-31)55-20-14-41(57)51-44(55)59/h2-5,8-10,23-26,29-30,47H,6-7,11-22,27H2,1H3,(H,50,58)(H,51,57,59). The number of ether oxygens (including phenoxy) is 1. The van der Waals surface area contributed by atoms with Crippen molar-refractivity contribution >= 4 is 58.0 Å². The lowest BCUT2D eigenvalue weighted by atomic mass is 9.67. The van der Waals surface area contributed by atoms with E-state index in [-0.39, 0.29) is 30.4 Å². The lowest BCUT2D eigenvalue weighted by molar-refractivity contribution is -0.120. The van der Waals surface area contributed by atoms with Gasteiger partial charge in [-0.1, -0.05) is 29.8 Å². The van der Waals surface area contributed by atoms with Crippen LogP contribution in [0.25, 0.3) is 16.9 Å². The van der Waals surface area contributed by atoms with Crippen LogP contribution in [0.5, 0.6) is 5.75 Å². The first-order valence-electron chi connectivity index (χ1n) is 21.2. The number of benzene rings is 2. The van der Waals surface area contributed by atoms with E-state index in [0.29, 0.717) is 39.8 Å². The molecule has 3 N–H and O–H groups in total. The first-order valence-corrected chi connectivity index (χ1v) is 21.6. The van der Waals surface area contributed by atoms with E-state index in [1.807, 2.05) is 31.4 Å². The fourth-order valence-electron chi connectivity index (χ4n) is 9.53. The van der Waals surface area contributed by atoms with E-state index in [2.05, 4.69) is 61.1 Å². The first kappa shape index (κ1) is 38.5. The summed E-state index contributed by atoms with van der Waals surface area (Å²) in [4.78, 5) is 53.0. The van der Waals surface area contributed by atoms with Crippen molar-refractivity contribution in [3.63, 3.8) is 0 Å². The zero-order chi connectivity index (χ0) is 41.0. The molecule has 10 rings (SSSR count). The molecule has 0 unspecified atom stereocenters. The minimum absolute atomic E-state index is 0.117. The number of pyridine rings is 1. The van der Waals surface area contributed by atoms with Crippen molar-refractivity contribution in [2.24, 2.45) is 5.41 Å². The van der Waals surface area contributed by atoms with Gasteiger partial charge in [-0.05, 0) is 112 Å². The summed E-state index contributed by atoms with van der Waals surface area (Å²) in [5, 5.41) is 14.1. The topological polar surface area (TPSA) is 149 Å². The SMILES string of the molecule is CNc1cc(N2CCc3c(-c4ccc(CN5CCC6(CCC(Oc7ccc(Cl)c(N8CCC(=O)NC8=O)c7)CC6)CC5)cn4)cccc32)nn2c(C(=O)NC3CC3)cnc12. The molecule has 310 valence electrons. The third-order valence-corrected chi connectivity index (χ3v) is 13.5. The van der Waals surface area contributed by atoms with E-state index in [1.165, 1.54) is 28.9 Å². The quantitative estimate of drug-likeness (QED) is 0.133. The summed E-state index contributed by atoms with van der Waals surface area (Å²) < 4.78 is 8.10. The van der Waals surface area contributed by atoms with Crippen LogP contribution in [-0.2, 0) is 17.8 Å². The zero-order valence-corrected chi connectivity index (χ0v) is 34.5. The molecular formula is C45H49ClN10O4.